The molecule has 0 aromatic carbocycles. The number of nitrogens with one attached hydrogen (secondary N) is 1. The number of hydrogen-bond donors (Lipinski definition) is 1. The predicted octanol–water partition coefficient (Wildman–Crippen LogP) is 2.24. The minimum Gasteiger partial charge on any atom is -0.350 e. The van der Waals surface area contributed by atoms with E-state index in [1.54, 1.807) is 4.52 Å². The summed E-state index contributed by atoms with van der Waals surface area (Å²) in [5.74, 6) is 0.674. The van der Waals surface area contributed by atoms with Crippen LogP contribution in [-0.4, -0.2) is 46.2 Å². The van der Waals surface area contributed by atoms with Crippen LogP contribution in [0.25, 0.3) is 5.65 Å². The van der Waals surface area contributed by atoms with Crippen molar-refractivity contribution in [2.45, 2.75) is 19.4 Å². The molecular formula is C12H18BrN5. The van der Waals surface area contributed by atoms with E-state index in [0.29, 0.717) is 12.0 Å². The van der Waals surface area contributed by atoms with Gasteiger partial charge in [0.2, 0.25) is 5.95 Å². The summed E-state index contributed by atoms with van der Waals surface area (Å²) in [5.41, 5.74) is 0.833. The van der Waals surface area contributed by atoms with Crippen LogP contribution in [-0.2, 0) is 0 Å². The second-order valence-corrected chi connectivity index (χ2v) is 5.55. The van der Waals surface area contributed by atoms with Gasteiger partial charge in [0.1, 0.15) is 0 Å². The topological polar surface area (TPSA) is 45.5 Å². The number of fused-ring (bicyclic) bond motifs is 1. The van der Waals surface area contributed by atoms with E-state index < -0.39 is 0 Å². The smallest absolute Gasteiger partial charge is 0.243 e. The highest BCUT2D eigenvalue weighted by molar-refractivity contribution is 9.10. The van der Waals surface area contributed by atoms with E-state index in [0.717, 1.165) is 23.1 Å². The summed E-state index contributed by atoms with van der Waals surface area (Å²) in [6.07, 6.45) is 2.95. The molecule has 0 saturated carbocycles. The van der Waals surface area contributed by atoms with Crippen LogP contribution in [0, 0.1) is 0 Å². The van der Waals surface area contributed by atoms with Gasteiger partial charge in [-0.3, -0.25) is 0 Å². The Balaban J connectivity index is 2.05. The van der Waals surface area contributed by atoms with Gasteiger partial charge in [-0.15, -0.1) is 5.10 Å². The fraction of sp³-hybridized carbons (Fsp3) is 0.500. The molecule has 0 aliphatic carbocycles. The van der Waals surface area contributed by atoms with Crippen LogP contribution in [0.2, 0.25) is 0 Å². The maximum atomic E-state index is 4.46. The molecule has 0 fully saturated rings. The van der Waals surface area contributed by atoms with Crippen molar-refractivity contribution in [3.63, 3.8) is 0 Å². The summed E-state index contributed by atoms with van der Waals surface area (Å²) in [7, 11) is 4.15. The Labute approximate surface area is 115 Å². The van der Waals surface area contributed by atoms with E-state index in [4.69, 9.17) is 0 Å². The van der Waals surface area contributed by atoms with Crippen LogP contribution in [0.4, 0.5) is 5.95 Å². The van der Waals surface area contributed by atoms with Crippen molar-refractivity contribution < 1.29 is 0 Å². The van der Waals surface area contributed by atoms with Gasteiger partial charge in [-0.2, -0.15) is 4.98 Å². The maximum absolute atomic E-state index is 4.46. The lowest BCUT2D eigenvalue weighted by molar-refractivity contribution is 0.390. The SMILES string of the molecule is CC(CCN(C)C)Nc1nc2c(Br)cccn2n1. The van der Waals surface area contributed by atoms with E-state index in [1.165, 1.54) is 0 Å². The van der Waals surface area contributed by atoms with Gasteiger partial charge >= 0.3 is 0 Å². The molecule has 2 aromatic heterocycles. The zero-order valence-corrected chi connectivity index (χ0v) is 12.5. The zero-order valence-electron chi connectivity index (χ0n) is 10.9. The first-order chi connectivity index (χ1) is 8.56. The van der Waals surface area contributed by atoms with Crippen LogP contribution in [0.3, 0.4) is 0 Å². The van der Waals surface area contributed by atoms with Gasteiger partial charge in [-0.1, -0.05) is 0 Å². The van der Waals surface area contributed by atoms with Gasteiger partial charge in [0.15, 0.2) is 5.65 Å². The minimum atomic E-state index is 0.351. The highest BCUT2D eigenvalue weighted by Crippen LogP contribution is 2.17. The van der Waals surface area contributed by atoms with Crippen LogP contribution in [0.15, 0.2) is 22.8 Å². The van der Waals surface area contributed by atoms with Crippen molar-refractivity contribution in [3.05, 3.63) is 22.8 Å². The molecule has 2 rings (SSSR count). The van der Waals surface area contributed by atoms with Gasteiger partial charge in [-0.05, 0) is 62.0 Å². The van der Waals surface area contributed by atoms with Crippen molar-refractivity contribution in [2.24, 2.45) is 0 Å². The largest absolute Gasteiger partial charge is 0.350 e. The molecule has 1 N–H and O–H groups in total. The molecule has 18 heavy (non-hydrogen) atoms. The van der Waals surface area contributed by atoms with Gasteiger partial charge in [0.05, 0.1) is 4.47 Å². The van der Waals surface area contributed by atoms with E-state index in [9.17, 15) is 0 Å². The van der Waals surface area contributed by atoms with Crippen molar-refractivity contribution in [1.82, 2.24) is 19.5 Å². The Bertz CT molecular complexity index is 522. The van der Waals surface area contributed by atoms with Crippen LogP contribution in [0.1, 0.15) is 13.3 Å². The predicted molar refractivity (Wildman–Crippen MR) is 76.9 cm³/mol. The van der Waals surface area contributed by atoms with Gasteiger partial charge in [0.25, 0.3) is 0 Å². The molecule has 5 nitrogen and oxygen atoms in total. The average Bonchev–Trinajstić information content (AvgIpc) is 2.70. The number of pyridine rings is 1. The monoisotopic (exact) mass is 311 g/mol. The number of anilines is 1. The second-order valence-electron chi connectivity index (χ2n) is 4.70. The molecule has 2 heterocycles. The Hall–Kier alpha value is -1.14. The molecule has 1 unspecified atom stereocenters. The van der Waals surface area contributed by atoms with Crippen molar-refractivity contribution >= 4 is 27.5 Å². The molecular weight excluding hydrogens is 294 g/mol. The van der Waals surface area contributed by atoms with Gasteiger partial charge < -0.3 is 10.2 Å². The van der Waals surface area contributed by atoms with Crippen molar-refractivity contribution in [1.29, 1.82) is 0 Å². The number of aromatic nitrogens is 3. The number of rotatable bonds is 5. The summed E-state index contributed by atoms with van der Waals surface area (Å²) in [6, 6.07) is 4.25. The Kier molecular flexibility index (Phi) is 4.19. The van der Waals surface area contributed by atoms with E-state index in [2.05, 4.69) is 57.2 Å². The van der Waals surface area contributed by atoms with E-state index >= 15 is 0 Å². The number of nitrogens with zero attached hydrogens (tertiary/aromatic N) is 4. The Morgan fingerprint density at radius 1 is 1.50 bits per heavy atom. The molecule has 0 amide bonds. The average molecular weight is 312 g/mol. The van der Waals surface area contributed by atoms with Crippen LogP contribution < -0.4 is 5.32 Å². The Morgan fingerprint density at radius 2 is 2.28 bits per heavy atom. The molecule has 0 radical (unpaired) electrons. The first kappa shape index (κ1) is 13.3. The quantitative estimate of drug-likeness (QED) is 0.920. The summed E-state index contributed by atoms with van der Waals surface area (Å²) >= 11 is 3.47. The second kappa shape index (κ2) is 5.67. The fourth-order valence-corrected chi connectivity index (χ4v) is 2.10. The maximum Gasteiger partial charge on any atom is 0.243 e. The van der Waals surface area contributed by atoms with E-state index in [1.807, 2.05) is 18.3 Å². The molecule has 0 aliphatic heterocycles. The zero-order chi connectivity index (χ0) is 13.1. The first-order valence-electron chi connectivity index (χ1n) is 5.98. The van der Waals surface area contributed by atoms with Crippen molar-refractivity contribution in [3.8, 4) is 0 Å². The number of hydrogen-bond acceptors (Lipinski definition) is 4. The van der Waals surface area contributed by atoms with Crippen molar-refractivity contribution in [2.75, 3.05) is 26.0 Å². The first-order valence-corrected chi connectivity index (χ1v) is 6.77. The normalized spacial score (nSPS) is 13.2. The fourth-order valence-electron chi connectivity index (χ4n) is 1.68. The Morgan fingerprint density at radius 3 is 2.94 bits per heavy atom. The molecule has 0 spiro atoms. The lowest BCUT2D eigenvalue weighted by Crippen LogP contribution is -2.23. The number of halogens is 1. The third-order valence-electron chi connectivity index (χ3n) is 2.70. The van der Waals surface area contributed by atoms with Crippen LogP contribution >= 0.6 is 15.9 Å². The summed E-state index contributed by atoms with van der Waals surface area (Å²) in [5, 5.41) is 7.71. The van der Waals surface area contributed by atoms with Gasteiger partial charge in [-0.25, -0.2) is 4.52 Å². The molecule has 0 bridgehead atoms. The van der Waals surface area contributed by atoms with Gasteiger partial charge in [0, 0.05) is 12.2 Å². The molecule has 2 aromatic rings. The molecule has 98 valence electrons. The van der Waals surface area contributed by atoms with Crippen LogP contribution in [0.5, 0.6) is 0 Å². The molecule has 1 atom stereocenters. The third kappa shape index (κ3) is 3.20. The van der Waals surface area contributed by atoms with E-state index in [-0.39, 0.29) is 0 Å². The highest BCUT2D eigenvalue weighted by Gasteiger charge is 2.09. The summed E-state index contributed by atoms with van der Waals surface area (Å²) in [4.78, 5) is 6.63. The summed E-state index contributed by atoms with van der Waals surface area (Å²) < 4.78 is 2.72. The lowest BCUT2D eigenvalue weighted by atomic mass is 10.2. The summed E-state index contributed by atoms with van der Waals surface area (Å²) in [6.45, 7) is 3.19. The minimum absolute atomic E-state index is 0.351. The molecule has 0 aliphatic rings. The highest BCUT2D eigenvalue weighted by atomic mass is 79.9. The standard InChI is InChI=1S/C12H18BrN5/c1-9(6-8-17(2)3)14-12-15-11-10(13)5-4-7-18(11)16-12/h4-5,7,9H,6,8H2,1-3H3,(H,14,16). The lowest BCUT2D eigenvalue weighted by Gasteiger charge is -2.15. The molecule has 6 heteroatoms. The third-order valence-corrected chi connectivity index (χ3v) is 3.32. The molecule has 0 saturated heterocycles.